The summed E-state index contributed by atoms with van der Waals surface area (Å²) in [5, 5.41) is 8.79. The van der Waals surface area contributed by atoms with Crippen molar-refractivity contribution in [2.24, 2.45) is 5.92 Å². The van der Waals surface area contributed by atoms with Crippen LogP contribution in [0.1, 0.15) is 50.2 Å². The first-order valence-corrected chi connectivity index (χ1v) is 7.49. The normalized spacial score (nSPS) is 19.5. The third-order valence-electron chi connectivity index (χ3n) is 4.08. The highest BCUT2D eigenvalue weighted by Gasteiger charge is 2.21. The van der Waals surface area contributed by atoms with Gasteiger partial charge in [0, 0.05) is 19.5 Å². The van der Waals surface area contributed by atoms with Gasteiger partial charge in [0.2, 0.25) is 5.91 Å². The Kier molecular flexibility index (Phi) is 5.17. The number of benzene rings is 1. The summed E-state index contributed by atoms with van der Waals surface area (Å²) in [5.74, 6) is 0.975. The Morgan fingerprint density at radius 3 is 2.70 bits per heavy atom. The number of rotatable bonds is 4. The van der Waals surface area contributed by atoms with Crippen LogP contribution in [-0.2, 0) is 11.3 Å². The summed E-state index contributed by atoms with van der Waals surface area (Å²) in [7, 11) is 0. The summed E-state index contributed by atoms with van der Waals surface area (Å²) in [6.07, 6.45) is 5.28. The molecular weight excluding hydrogens is 248 g/mol. The van der Waals surface area contributed by atoms with Crippen LogP contribution in [0.3, 0.4) is 0 Å². The molecule has 1 atom stereocenters. The van der Waals surface area contributed by atoms with Crippen LogP contribution in [0.15, 0.2) is 24.3 Å². The Balaban J connectivity index is 1.97. The van der Waals surface area contributed by atoms with Crippen molar-refractivity contribution in [2.45, 2.75) is 45.6 Å². The van der Waals surface area contributed by atoms with E-state index in [2.05, 4.69) is 13.0 Å². The van der Waals surface area contributed by atoms with Crippen molar-refractivity contribution >= 4 is 5.91 Å². The summed E-state index contributed by atoms with van der Waals surface area (Å²) in [6, 6.07) is 9.64. The number of nitriles is 1. The monoisotopic (exact) mass is 270 g/mol. The van der Waals surface area contributed by atoms with Gasteiger partial charge in [0.05, 0.1) is 11.6 Å². The molecule has 1 aliphatic rings. The molecule has 1 fully saturated rings. The molecule has 1 aromatic carbocycles. The molecule has 1 aromatic rings. The van der Waals surface area contributed by atoms with Gasteiger partial charge in [0.15, 0.2) is 0 Å². The Labute approximate surface area is 121 Å². The van der Waals surface area contributed by atoms with Crippen molar-refractivity contribution in [3.8, 4) is 6.07 Å². The van der Waals surface area contributed by atoms with Crippen LogP contribution in [0.5, 0.6) is 0 Å². The molecule has 0 aromatic heterocycles. The minimum absolute atomic E-state index is 0.271. The van der Waals surface area contributed by atoms with E-state index < -0.39 is 0 Å². The second-order valence-electron chi connectivity index (χ2n) is 5.61. The highest BCUT2D eigenvalue weighted by molar-refractivity contribution is 5.76. The SMILES string of the molecule is CCCC1CCC(=O)N(Cc2ccc(C#N)cc2)CC1. The van der Waals surface area contributed by atoms with Gasteiger partial charge in [-0.3, -0.25) is 4.79 Å². The molecular formula is C17H22N2O. The molecule has 1 saturated heterocycles. The van der Waals surface area contributed by atoms with E-state index >= 15 is 0 Å². The van der Waals surface area contributed by atoms with Crippen molar-refractivity contribution in [3.63, 3.8) is 0 Å². The van der Waals surface area contributed by atoms with Gasteiger partial charge < -0.3 is 4.90 Å². The van der Waals surface area contributed by atoms with E-state index in [1.807, 2.05) is 29.2 Å². The average molecular weight is 270 g/mol. The topological polar surface area (TPSA) is 44.1 Å². The third kappa shape index (κ3) is 3.84. The van der Waals surface area contributed by atoms with E-state index in [0.717, 1.165) is 24.9 Å². The molecule has 0 radical (unpaired) electrons. The molecule has 1 amide bonds. The molecule has 106 valence electrons. The summed E-state index contributed by atoms with van der Waals surface area (Å²) in [6.45, 7) is 3.74. The van der Waals surface area contributed by atoms with Gasteiger partial charge >= 0.3 is 0 Å². The zero-order valence-electron chi connectivity index (χ0n) is 12.1. The van der Waals surface area contributed by atoms with Crippen LogP contribution in [0.2, 0.25) is 0 Å². The van der Waals surface area contributed by atoms with Crippen molar-refractivity contribution in [3.05, 3.63) is 35.4 Å². The first-order chi connectivity index (χ1) is 9.72. The molecule has 1 unspecified atom stereocenters. The molecule has 1 heterocycles. The molecule has 20 heavy (non-hydrogen) atoms. The Morgan fingerprint density at radius 2 is 2.05 bits per heavy atom. The predicted molar refractivity (Wildman–Crippen MR) is 78.8 cm³/mol. The lowest BCUT2D eigenvalue weighted by Crippen LogP contribution is -2.29. The van der Waals surface area contributed by atoms with E-state index in [1.165, 1.54) is 12.8 Å². The highest BCUT2D eigenvalue weighted by atomic mass is 16.2. The fourth-order valence-electron chi connectivity index (χ4n) is 2.86. The summed E-state index contributed by atoms with van der Waals surface area (Å²) in [4.78, 5) is 14.1. The Bertz CT molecular complexity index is 487. The maximum absolute atomic E-state index is 12.2. The smallest absolute Gasteiger partial charge is 0.222 e. The zero-order chi connectivity index (χ0) is 14.4. The van der Waals surface area contributed by atoms with Crippen LogP contribution in [-0.4, -0.2) is 17.4 Å². The van der Waals surface area contributed by atoms with Gasteiger partial charge in [-0.05, 0) is 36.5 Å². The van der Waals surface area contributed by atoms with Crippen LogP contribution < -0.4 is 0 Å². The van der Waals surface area contributed by atoms with E-state index in [4.69, 9.17) is 5.26 Å². The third-order valence-corrected chi connectivity index (χ3v) is 4.08. The van der Waals surface area contributed by atoms with Crippen LogP contribution in [0.25, 0.3) is 0 Å². The number of nitrogens with zero attached hydrogens (tertiary/aromatic N) is 2. The first kappa shape index (κ1) is 14.6. The lowest BCUT2D eigenvalue weighted by atomic mass is 9.96. The fourth-order valence-corrected chi connectivity index (χ4v) is 2.86. The second-order valence-corrected chi connectivity index (χ2v) is 5.61. The fraction of sp³-hybridized carbons (Fsp3) is 0.529. The van der Waals surface area contributed by atoms with Gasteiger partial charge in [-0.25, -0.2) is 0 Å². The lowest BCUT2D eigenvalue weighted by Gasteiger charge is -2.21. The standard InChI is InChI=1S/C17H22N2O/c1-2-3-14-8-9-17(20)19(11-10-14)13-16-6-4-15(12-18)5-7-16/h4-7,14H,2-3,8-11,13H2,1H3. The molecule has 3 nitrogen and oxygen atoms in total. The van der Waals surface area contributed by atoms with Crippen molar-refractivity contribution < 1.29 is 4.79 Å². The van der Waals surface area contributed by atoms with Gasteiger partial charge in [0.25, 0.3) is 0 Å². The van der Waals surface area contributed by atoms with Gasteiger partial charge in [-0.1, -0.05) is 31.9 Å². The van der Waals surface area contributed by atoms with Crippen LogP contribution in [0, 0.1) is 17.2 Å². The van der Waals surface area contributed by atoms with Crippen LogP contribution >= 0.6 is 0 Å². The van der Waals surface area contributed by atoms with E-state index in [9.17, 15) is 4.79 Å². The van der Waals surface area contributed by atoms with Gasteiger partial charge in [-0.15, -0.1) is 0 Å². The molecule has 0 bridgehead atoms. The number of hydrogen-bond donors (Lipinski definition) is 0. The van der Waals surface area contributed by atoms with E-state index in [-0.39, 0.29) is 5.91 Å². The summed E-state index contributed by atoms with van der Waals surface area (Å²) >= 11 is 0. The van der Waals surface area contributed by atoms with Crippen LogP contribution in [0.4, 0.5) is 0 Å². The maximum Gasteiger partial charge on any atom is 0.222 e. The molecule has 1 aliphatic heterocycles. The number of amides is 1. The average Bonchev–Trinajstić information content (AvgIpc) is 2.64. The van der Waals surface area contributed by atoms with Gasteiger partial charge in [-0.2, -0.15) is 5.26 Å². The van der Waals surface area contributed by atoms with Crippen molar-refractivity contribution in [2.75, 3.05) is 6.54 Å². The van der Waals surface area contributed by atoms with Crippen molar-refractivity contribution in [1.82, 2.24) is 4.90 Å². The largest absolute Gasteiger partial charge is 0.338 e. The summed E-state index contributed by atoms with van der Waals surface area (Å²) < 4.78 is 0. The number of likely N-dealkylation sites (tertiary alicyclic amines) is 1. The maximum atomic E-state index is 12.2. The second kappa shape index (κ2) is 7.09. The van der Waals surface area contributed by atoms with Gasteiger partial charge in [0.1, 0.15) is 0 Å². The Morgan fingerprint density at radius 1 is 1.30 bits per heavy atom. The van der Waals surface area contributed by atoms with E-state index in [0.29, 0.717) is 24.4 Å². The molecule has 3 heteroatoms. The lowest BCUT2D eigenvalue weighted by molar-refractivity contribution is -0.131. The highest BCUT2D eigenvalue weighted by Crippen LogP contribution is 2.23. The molecule has 0 aliphatic carbocycles. The van der Waals surface area contributed by atoms with E-state index in [1.54, 1.807) is 0 Å². The number of hydrogen-bond acceptors (Lipinski definition) is 2. The molecule has 0 spiro atoms. The zero-order valence-corrected chi connectivity index (χ0v) is 12.1. The number of carbonyl (C=O) groups is 1. The van der Waals surface area contributed by atoms with Crippen molar-refractivity contribution in [1.29, 1.82) is 5.26 Å². The molecule has 0 N–H and O–H groups in total. The Hall–Kier alpha value is -1.82. The molecule has 0 saturated carbocycles. The predicted octanol–water partition coefficient (Wildman–Crippen LogP) is 3.49. The quantitative estimate of drug-likeness (QED) is 0.840. The number of carbonyl (C=O) groups excluding carboxylic acids is 1. The minimum Gasteiger partial charge on any atom is -0.338 e. The minimum atomic E-state index is 0.271. The summed E-state index contributed by atoms with van der Waals surface area (Å²) in [5.41, 5.74) is 1.77. The molecule has 2 rings (SSSR count). The first-order valence-electron chi connectivity index (χ1n) is 7.49.